The number of fused-ring (bicyclic) bond motifs is 5. The van der Waals surface area contributed by atoms with Crippen molar-refractivity contribution < 1.29 is 71.7 Å². The Balaban J connectivity index is 1.06. The number of nitrogens with zero attached hydrogens (tertiary/aromatic N) is 2. The van der Waals surface area contributed by atoms with E-state index in [9.17, 15) is 52.6 Å². The topological polar surface area (TPSA) is 412 Å². The number of imidazole rings is 1. The fraction of sp³-hybridized carbons (Fsp3) is 0.408. The van der Waals surface area contributed by atoms with E-state index in [0.717, 1.165) is 11.1 Å². The molecule has 6 aromatic rings. The summed E-state index contributed by atoms with van der Waals surface area (Å²) in [5, 5.41) is 39.7. The Morgan fingerprint density at radius 2 is 1.38 bits per heavy atom. The highest BCUT2D eigenvalue weighted by Gasteiger charge is 2.48. The third-order valence-corrected chi connectivity index (χ3v) is 20.6. The number of aromatic amines is 2. The normalized spacial score (nSPS) is 23.1. The molecule has 1 fully saturated rings. The minimum absolute atomic E-state index is 0.0149. The summed E-state index contributed by atoms with van der Waals surface area (Å²) in [6, 6.07) is 9.37. The van der Waals surface area contributed by atoms with Crippen LogP contribution in [0.25, 0.3) is 16.5 Å². The van der Waals surface area contributed by atoms with Crippen LogP contribution in [0.5, 0.6) is 5.75 Å². The number of unbranched alkanes of at least 4 members (excludes halogenated alkanes) is 1. The Bertz CT molecular complexity index is 4130. The third-order valence-electron chi connectivity index (χ3n) is 18.2. The van der Waals surface area contributed by atoms with Gasteiger partial charge in [0.15, 0.2) is 5.78 Å². The van der Waals surface area contributed by atoms with Crippen molar-refractivity contribution in [2.45, 2.75) is 144 Å². The van der Waals surface area contributed by atoms with Crippen LogP contribution in [-0.2, 0) is 89.9 Å². The average Bonchev–Trinajstić information content (AvgIpc) is 1.59. The number of carboxylic acids is 1. The molecule has 1 aliphatic carbocycles. The number of Topliss-reactive ketones (excluding diaryl/α,β-unsaturated/α-hetero) is 1. The molecule has 2 aliphatic heterocycles. The number of aromatic nitrogens is 3. The molecule has 0 radical (unpaired) electrons. The van der Waals surface area contributed by atoms with Crippen LogP contribution in [0.2, 0.25) is 5.02 Å². The SMILES string of the molecule is C[C@@]12CCCN1C(=O)[C@H](Cc1ccc(O)cc1)NC(=O)[C@H](Cc1cnc[nH]1)NC(=O)[C@H](CC(=O)O)NC(=O)[C@H](CC1=CCc3ccc(F)cc31)NC(=O)[C@H](Cc1c[nH]c3ccc(F)cc13)NC(=O)CNC(=O)[C@H](CCCCN)NC(=O)CCSCc1cc(Cl)cc(c1)CSC[C@@H](C(N)=O)CC2=O. The molecule has 9 amide bonds. The number of nitrogens with two attached hydrogens (primary N) is 2. The predicted octanol–water partition coefficient (Wildman–Crippen LogP) is 4.23. The molecule has 15 N–H and O–H groups in total. The second-order valence-electron chi connectivity index (χ2n) is 25.8. The van der Waals surface area contributed by atoms with Crippen molar-refractivity contribution in [3.05, 3.63) is 159 Å². The second-order valence-corrected chi connectivity index (χ2v) is 28.3. The van der Waals surface area contributed by atoms with Gasteiger partial charge < -0.3 is 73.8 Å². The van der Waals surface area contributed by atoms with Gasteiger partial charge in [-0.2, -0.15) is 23.5 Å². The smallest absolute Gasteiger partial charge is 0.305 e. The number of carbonyl (C=O) groups excluding carboxylic acids is 10. The number of carboxylic acid groups (broad SMARTS) is 1. The van der Waals surface area contributed by atoms with Crippen LogP contribution in [0.4, 0.5) is 8.78 Å². The van der Waals surface area contributed by atoms with Crippen molar-refractivity contribution in [3.8, 4) is 5.75 Å². The first-order valence-corrected chi connectivity index (χ1v) is 36.1. The van der Waals surface area contributed by atoms with Gasteiger partial charge in [0.2, 0.25) is 53.2 Å². The van der Waals surface area contributed by atoms with Gasteiger partial charge in [-0.1, -0.05) is 41.9 Å². The summed E-state index contributed by atoms with van der Waals surface area (Å²) in [4.78, 5) is 169. The Labute approximate surface area is 599 Å². The van der Waals surface area contributed by atoms with Crippen LogP contribution in [-0.4, -0.2) is 168 Å². The van der Waals surface area contributed by atoms with E-state index in [1.807, 2.05) is 6.07 Å². The summed E-state index contributed by atoms with van der Waals surface area (Å²) < 4.78 is 29.9. The van der Waals surface area contributed by atoms with Gasteiger partial charge in [0.25, 0.3) is 0 Å². The van der Waals surface area contributed by atoms with Gasteiger partial charge in [-0.05, 0) is 146 Å². The number of ketones is 1. The molecule has 2 aromatic heterocycles. The molecular formula is C71H82ClF2N13O13S2. The van der Waals surface area contributed by atoms with Crippen LogP contribution < -0.4 is 48.7 Å². The van der Waals surface area contributed by atoms with Gasteiger partial charge in [0.05, 0.1) is 30.7 Å². The Morgan fingerprint density at radius 1 is 0.725 bits per heavy atom. The van der Waals surface area contributed by atoms with Crippen molar-refractivity contribution in [1.82, 2.24) is 57.1 Å². The molecule has 542 valence electrons. The van der Waals surface area contributed by atoms with Crippen molar-refractivity contribution >= 4 is 117 Å². The summed E-state index contributed by atoms with van der Waals surface area (Å²) in [5.74, 6) is -11.3. The number of allylic oxidation sites excluding steroid dienone is 1. The number of thioether (sulfide) groups is 2. The molecule has 4 heterocycles. The van der Waals surface area contributed by atoms with E-state index in [1.165, 1.54) is 108 Å². The van der Waals surface area contributed by atoms with Crippen LogP contribution >= 0.6 is 35.1 Å². The average molecular weight is 1460 g/mol. The van der Waals surface area contributed by atoms with Crippen LogP contribution in [0.1, 0.15) is 104 Å². The molecule has 9 rings (SSSR count). The van der Waals surface area contributed by atoms with Gasteiger partial charge in [-0.3, -0.25) is 52.7 Å². The monoisotopic (exact) mass is 1460 g/mol. The highest BCUT2D eigenvalue weighted by atomic mass is 35.5. The maximum atomic E-state index is 15.3. The van der Waals surface area contributed by atoms with Crippen LogP contribution in [0.15, 0.2) is 104 Å². The molecule has 0 saturated carbocycles. The van der Waals surface area contributed by atoms with E-state index in [2.05, 4.69) is 52.2 Å². The van der Waals surface area contributed by atoms with Crippen molar-refractivity contribution in [2.24, 2.45) is 17.4 Å². The Kier molecular flexibility index (Phi) is 26.9. The number of H-pyrrole nitrogens is 2. The van der Waals surface area contributed by atoms with Crippen LogP contribution in [0, 0.1) is 17.6 Å². The zero-order chi connectivity index (χ0) is 73.2. The van der Waals surface area contributed by atoms with E-state index in [0.29, 0.717) is 86.8 Å². The molecule has 1 saturated heterocycles. The maximum absolute atomic E-state index is 15.3. The number of hydrogen-bond donors (Lipinski definition) is 13. The molecule has 4 aromatic carbocycles. The molecule has 0 unspecified atom stereocenters. The zero-order valence-electron chi connectivity index (χ0n) is 55.9. The summed E-state index contributed by atoms with van der Waals surface area (Å²) in [6.45, 7) is 1.17. The van der Waals surface area contributed by atoms with E-state index < -0.39 is 144 Å². The third kappa shape index (κ3) is 21.0. The van der Waals surface area contributed by atoms with E-state index in [-0.39, 0.29) is 75.1 Å². The number of nitrogens with one attached hydrogen (secondary N) is 9. The lowest BCUT2D eigenvalue weighted by molar-refractivity contribution is -0.146. The molecule has 8 atom stereocenters. The molecular weight excluding hydrogens is 1380 g/mol. The maximum Gasteiger partial charge on any atom is 0.305 e. The number of carbonyl (C=O) groups is 11. The predicted molar refractivity (Wildman–Crippen MR) is 379 cm³/mol. The van der Waals surface area contributed by atoms with E-state index in [1.54, 1.807) is 25.1 Å². The first-order valence-electron chi connectivity index (χ1n) is 33.4. The summed E-state index contributed by atoms with van der Waals surface area (Å²) in [6.07, 6.45) is 4.78. The lowest BCUT2D eigenvalue weighted by atomic mass is 9.86. The van der Waals surface area contributed by atoms with Gasteiger partial charge >= 0.3 is 5.97 Å². The lowest BCUT2D eigenvalue weighted by Gasteiger charge is -2.37. The first kappa shape index (κ1) is 76.5. The number of benzene rings is 4. The van der Waals surface area contributed by atoms with Crippen molar-refractivity contribution in [1.29, 1.82) is 0 Å². The highest BCUT2D eigenvalue weighted by Crippen LogP contribution is 2.35. The number of phenolic OH excluding ortho intramolecular Hbond substituents is 1. The van der Waals surface area contributed by atoms with Gasteiger partial charge in [-0.25, -0.2) is 13.8 Å². The molecule has 2 bridgehead atoms. The van der Waals surface area contributed by atoms with E-state index in [4.69, 9.17) is 23.1 Å². The number of amides is 9. The largest absolute Gasteiger partial charge is 0.508 e. The summed E-state index contributed by atoms with van der Waals surface area (Å²) >= 11 is 9.37. The number of primary amides is 1. The number of aliphatic carboxylic acids is 1. The Morgan fingerprint density at radius 3 is 2.08 bits per heavy atom. The van der Waals surface area contributed by atoms with Crippen molar-refractivity contribution in [2.75, 3.05) is 31.1 Å². The number of phenols is 1. The summed E-state index contributed by atoms with van der Waals surface area (Å²) in [7, 11) is 0. The number of aromatic hydroxyl groups is 1. The second kappa shape index (κ2) is 35.8. The number of hydrogen-bond acceptors (Lipinski definition) is 16. The van der Waals surface area contributed by atoms with Crippen molar-refractivity contribution in [3.63, 3.8) is 0 Å². The standard InChI is InChI=1S/C71H82ClF2N13O13S2/c1-71-17-4-19-87(71)70(100)59(24-39-6-13-50(88)14-7-39)86-68(98)57(30-49-33-77-38-80-49)84-69(99)58(31-63(92)93)85-67(97)56(25-43-9-8-42-10-11-47(73)28-51(42)43)83-66(96)55(26-44-32-78-53-15-12-48(74)29-52(44)53)82-62(91)34-79-65(95)54(5-2-3-18-75)81-61(90)16-20-101-35-40-21-41(23-46(72)22-40)36-102-37-45(64(76)94)27-60(71)89/h6-7,9-15,21-23,28-29,32-33,38,45,54-59,78,88H,2-5,8,16-20,24-27,30-31,34-37,75H2,1H3,(H2,76,94)(H,77,80)(H,79,95)(H,81,90)(H,82,91)(H,83,96)(H,84,99)(H,85,97)(H,86,98)(H,92,93)/t45-,54-,55-,56-,57-,58-,59-,71-/m0/s1. The molecule has 102 heavy (non-hydrogen) atoms. The minimum atomic E-state index is -2.03. The van der Waals surface area contributed by atoms with Gasteiger partial charge in [-0.15, -0.1) is 0 Å². The lowest BCUT2D eigenvalue weighted by Crippen LogP contribution is -2.61. The highest BCUT2D eigenvalue weighted by molar-refractivity contribution is 7.98. The zero-order valence-corrected chi connectivity index (χ0v) is 58.3. The quantitative estimate of drug-likeness (QED) is 0.0640. The molecule has 0 spiro atoms. The minimum Gasteiger partial charge on any atom is -0.508 e. The number of rotatable bonds is 15. The van der Waals surface area contributed by atoms with E-state index >= 15 is 19.2 Å². The fourth-order valence-corrected chi connectivity index (χ4v) is 15.0. The molecule has 3 aliphatic rings. The molecule has 31 heteroatoms. The number of halogens is 3. The Hall–Kier alpha value is -9.65. The van der Waals surface area contributed by atoms with Gasteiger partial charge in [0, 0.05) is 102 Å². The molecule has 26 nitrogen and oxygen atoms in total. The van der Waals surface area contributed by atoms with Gasteiger partial charge in [0.1, 0.15) is 53.6 Å². The van der Waals surface area contributed by atoms with Crippen LogP contribution in [0.3, 0.4) is 0 Å². The fourth-order valence-electron chi connectivity index (χ4n) is 12.7. The summed E-state index contributed by atoms with van der Waals surface area (Å²) in [5.41, 5.74) is 14.7. The first-order chi connectivity index (χ1) is 48.8.